The molecule has 1 aliphatic rings. The first-order valence-electron chi connectivity index (χ1n) is 10.5. The van der Waals surface area contributed by atoms with Crippen LogP contribution < -0.4 is 5.43 Å². The number of hydrogen-bond acceptors (Lipinski definition) is 3. The highest BCUT2D eigenvalue weighted by Gasteiger charge is 2.26. The van der Waals surface area contributed by atoms with Crippen LogP contribution in [0.1, 0.15) is 53.7 Å². The van der Waals surface area contributed by atoms with Crippen LogP contribution in [-0.2, 0) is 6.54 Å². The van der Waals surface area contributed by atoms with Crippen molar-refractivity contribution in [3.05, 3.63) is 74.7 Å². The van der Waals surface area contributed by atoms with E-state index in [0.717, 1.165) is 25.0 Å². The largest absolute Gasteiger partial charge is 0.338 e. The van der Waals surface area contributed by atoms with E-state index in [4.69, 9.17) is 11.6 Å². The van der Waals surface area contributed by atoms with E-state index in [1.54, 1.807) is 12.3 Å². The summed E-state index contributed by atoms with van der Waals surface area (Å²) < 4.78 is 1.89. The molecule has 5 nitrogen and oxygen atoms in total. The van der Waals surface area contributed by atoms with Crippen LogP contribution in [0, 0.1) is 6.92 Å². The van der Waals surface area contributed by atoms with Crippen molar-refractivity contribution < 1.29 is 4.79 Å². The third kappa shape index (κ3) is 3.99. The summed E-state index contributed by atoms with van der Waals surface area (Å²) in [6.07, 6.45) is 4.69. The van der Waals surface area contributed by atoms with Gasteiger partial charge in [0.1, 0.15) is 11.2 Å². The van der Waals surface area contributed by atoms with Crippen molar-refractivity contribution in [2.24, 2.45) is 0 Å². The molecule has 1 unspecified atom stereocenters. The average Bonchev–Trinajstić information content (AvgIpc) is 3.00. The van der Waals surface area contributed by atoms with E-state index < -0.39 is 0 Å². The second kappa shape index (κ2) is 8.60. The Hall–Kier alpha value is -2.66. The Balaban J connectivity index is 1.70. The fourth-order valence-corrected chi connectivity index (χ4v) is 4.38. The first-order valence-corrected chi connectivity index (χ1v) is 10.9. The maximum atomic E-state index is 13.5. The highest BCUT2D eigenvalue weighted by Crippen LogP contribution is 2.28. The van der Waals surface area contributed by atoms with Gasteiger partial charge in [0.05, 0.1) is 5.39 Å². The van der Waals surface area contributed by atoms with Gasteiger partial charge in [-0.3, -0.25) is 9.59 Å². The number of carbonyl (C=O) groups is 1. The number of pyridine rings is 2. The van der Waals surface area contributed by atoms with E-state index in [-0.39, 0.29) is 22.8 Å². The zero-order valence-electron chi connectivity index (χ0n) is 17.4. The lowest BCUT2D eigenvalue weighted by Crippen LogP contribution is -2.37. The highest BCUT2D eigenvalue weighted by molar-refractivity contribution is 6.30. The molecule has 0 aliphatic carbocycles. The molecule has 30 heavy (non-hydrogen) atoms. The number of nitrogens with zero attached hydrogens (tertiary/aromatic N) is 3. The first kappa shape index (κ1) is 20.6. The van der Waals surface area contributed by atoms with Crippen molar-refractivity contribution in [3.8, 4) is 0 Å². The van der Waals surface area contributed by atoms with E-state index in [9.17, 15) is 9.59 Å². The molecule has 1 atom stereocenters. The minimum Gasteiger partial charge on any atom is -0.338 e. The lowest BCUT2D eigenvalue weighted by atomic mass is 9.94. The minimum atomic E-state index is -0.237. The van der Waals surface area contributed by atoms with Crippen LogP contribution in [0.25, 0.3) is 11.0 Å². The van der Waals surface area contributed by atoms with Gasteiger partial charge >= 0.3 is 0 Å². The molecular formula is C24H26ClN3O2. The smallest absolute Gasteiger partial charge is 0.259 e. The van der Waals surface area contributed by atoms with Crippen LogP contribution in [0.2, 0.25) is 5.02 Å². The molecule has 6 heteroatoms. The normalized spacial score (nSPS) is 17.2. The summed E-state index contributed by atoms with van der Waals surface area (Å²) in [5, 5.41) is 1.21. The lowest BCUT2D eigenvalue weighted by molar-refractivity contribution is 0.0752. The van der Waals surface area contributed by atoms with Crippen LogP contribution in [-0.4, -0.2) is 33.4 Å². The predicted octanol–water partition coefficient (Wildman–Crippen LogP) is 4.79. The molecule has 0 bridgehead atoms. The monoisotopic (exact) mass is 423 g/mol. The van der Waals surface area contributed by atoms with Gasteiger partial charge in [-0.2, -0.15) is 0 Å². The van der Waals surface area contributed by atoms with Gasteiger partial charge in [-0.25, -0.2) is 4.98 Å². The summed E-state index contributed by atoms with van der Waals surface area (Å²) in [7, 11) is 0. The molecule has 1 amide bonds. The first-order chi connectivity index (χ1) is 14.5. The SMILES string of the molecule is CCn1cc(C(=O)N2CCCCC(c3ccc(Cl)cc3)C2)c(=O)c2ccc(C)nc21. The van der Waals surface area contributed by atoms with E-state index in [1.807, 2.05) is 53.6 Å². The Kier molecular flexibility index (Phi) is 5.91. The van der Waals surface area contributed by atoms with Crippen LogP contribution in [0.3, 0.4) is 0 Å². The predicted molar refractivity (Wildman–Crippen MR) is 120 cm³/mol. The quantitative estimate of drug-likeness (QED) is 0.608. The van der Waals surface area contributed by atoms with Gasteiger partial charge in [0.2, 0.25) is 5.43 Å². The molecule has 0 radical (unpaired) electrons. The molecule has 1 fully saturated rings. The molecule has 3 aromatic rings. The number of halogens is 1. The highest BCUT2D eigenvalue weighted by atomic mass is 35.5. The Bertz CT molecular complexity index is 1140. The van der Waals surface area contributed by atoms with Crippen molar-refractivity contribution in [1.82, 2.24) is 14.5 Å². The molecular weight excluding hydrogens is 398 g/mol. The number of rotatable bonds is 3. The molecule has 0 spiro atoms. The van der Waals surface area contributed by atoms with E-state index in [0.29, 0.717) is 35.7 Å². The van der Waals surface area contributed by atoms with Crippen LogP contribution >= 0.6 is 11.6 Å². The molecule has 0 saturated carbocycles. The van der Waals surface area contributed by atoms with Crippen molar-refractivity contribution >= 4 is 28.5 Å². The second-order valence-corrected chi connectivity index (χ2v) is 8.41. The summed E-state index contributed by atoms with van der Waals surface area (Å²) in [5.74, 6) is 0.0532. The number of fused-ring (bicyclic) bond motifs is 1. The third-order valence-corrected chi connectivity index (χ3v) is 6.18. The number of likely N-dealkylation sites (tertiary alicyclic amines) is 1. The van der Waals surface area contributed by atoms with Gasteiger partial charge < -0.3 is 9.47 Å². The lowest BCUT2D eigenvalue weighted by Gasteiger charge is -2.25. The number of benzene rings is 1. The van der Waals surface area contributed by atoms with Crippen LogP contribution in [0.5, 0.6) is 0 Å². The van der Waals surface area contributed by atoms with E-state index >= 15 is 0 Å². The van der Waals surface area contributed by atoms with Gasteiger partial charge in [0.25, 0.3) is 5.91 Å². The number of aryl methyl sites for hydroxylation is 2. The fraction of sp³-hybridized carbons (Fsp3) is 0.375. The van der Waals surface area contributed by atoms with Gasteiger partial charge in [0.15, 0.2) is 0 Å². The van der Waals surface area contributed by atoms with Crippen LogP contribution in [0.4, 0.5) is 0 Å². The summed E-state index contributed by atoms with van der Waals surface area (Å²) in [4.78, 5) is 33.0. The van der Waals surface area contributed by atoms with Gasteiger partial charge in [-0.15, -0.1) is 0 Å². The molecule has 156 valence electrons. The summed E-state index contributed by atoms with van der Waals surface area (Å²) >= 11 is 6.04. The van der Waals surface area contributed by atoms with E-state index in [2.05, 4.69) is 4.98 Å². The van der Waals surface area contributed by atoms with Crippen LogP contribution in [0.15, 0.2) is 47.4 Å². The molecule has 4 rings (SSSR count). The van der Waals surface area contributed by atoms with Gasteiger partial charge in [-0.1, -0.05) is 30.2 Å². The fourth-order valence-electron chi connectivity index (χ4n) is 4.26. The molecule has 2 aromatic heterocycles. The topological polar surface area (TPSA) is 55.2 Å². The Morgan fingerprint density at radius 1 is 1.17 bits per heavy atom. The standard InChI is InChI=1S/C24H26ClN3O2/c1-3-27-15-21(22(29)20-12-7-16(2)26-23(20)27)24(30)28-13-5-4-6-18(14-28)17-8-10-19(25)11-9-17/h7-12,15,18H,3-6,13-14H2,1-2H3. The maximum Gasteiger partial charge on any atom is 0.259 e. The molecule has 1 saturated heterocycles. The summed E-state index contributed by atoms with van der Waals surface area (Å²) in [6.45, 7) is 5.80. The maximum absolute atomic E-state index is 13.5. The number of hydrogen-bond donors (Lipinski definition) is 0. The Labute approximate surface area is 181 Å². The average molecular weight is 424 g/mol. The van der Waals surface area contributed by atoms with Gasteiger partial charge in [-0.05, 0) is 56.5 Å². The minimum absolute atomic E-state index is 0.189. The Morgan fingerprint density at radius 3 is 2.67 bits per heavy atom. The molecule has 3 heterocycles. The summed E-state index contributed by atoms with van der Waals surface area (Å²) in [5.41, 5.74) is 2.66. The summed E-state index contributed by atoms with van der Waals surface area (Å²) in [6, 6.07) is 11.5. The third-order valence-electron chi connectivity index (χ3n) is 5.93. The van der Waals surface area contributed by atoms with Crippen molar-refractivity contribution in [2.75, 3.05) is 13.1 Å². The molecule has 1 aromatic carbocycles. The molecule has 1 aliphatic heterocycles. The molecule has 0 N–H and O–H groups in total. The van der Waals surface area contributed by atoms with E-state index in [1.165, 1.54) is 5.56 Å². The van der Waals surface area contributed by atoms with Crippen molar-refractivity contribution in [2.45, 2.75) is 45.6 Å². The van der Waals surface area contributed by atoms with Crippen molar-refractivity contribution in [3.63, 3.8) is 0 Å². The second-order valence-electron chi connectivity index (χ2n) is 7.98. The number of aromatic nitrogens is 2. The zero-order chi connectivity index (χ0) is 21.3. The van der Waals surface area contributed by atoms with Gasteiger partial charge in [0, 0.05) is 42.5 Å². The van der Waals surface area contributed by atoms with Crippen molar-refractivity contribution in [1.29, 1.82) is 0 Å². The number of amides is 1. The number of carbonyl (C=O) groups excluding carboxylic acids is 1. The zero-order valence-corrected chi connectivity index (χ0v) is 18.2. The Morgan fingerprint density at radius 2 is 1.93 bits per heavy atom.